The van der Waals surface area contributed by atoms with Crippen molar-refractivity contribution in [1.29, 1.82) is 0 Å². The number of ether oxygens (including phenoxy) is 1. The van der Waals surface area contributed by atoms with Gasteiger partial charge in [-0.15, -0.1) is 0 Å². The van der Waals surface area contributed by atoms with Gasteiger partial charge in [0, 0.05) is 23.8 Å². The first-order valence-electron chi connectivity index (χ1n) is 10.5. The fraction of sp³-hybridized carbons (Fsp3) is 0.435. The molecule has 32 heavy (non-hydrogen) atoms. The predicted octanol–water partition coefficient (Wildman–Crippen LogP) is 3.93. The molecular weight excluding hydrogens is 448 g/mol. The number of aliphatic imine (C=N–C) groups is 1. The molecule has 1 N–H and O–H groups in total. The minimum atomic E-state index is -0.483. The molecule has 172 valence electrons. The van der Waals surface area contributed by atoms with Crippen molar-refractivity contribution in [3.8, 4) is 0 Å². The minimum Gasteiger partial charge on any atom is -0.459 e. The van der Waals surface area contributed by atoms with Crippen LogP contribution in [0, 0.1) is 0 Å². The van der Waals surface area contributed by atoms with Crippen LogP contribution in [0.1, 0.15) is 38.8 Å². The third kappa shape index (κ3) is 5.74. The van der Waals surface area contributed by atoms with Gasteiger partial charge in [0.2, 0.25) is 5.91 Å². The van der Waals surface area contributed by atoms with Crippen LogP contribution in [0.25, 0.3) is 0 Å². The van der Waals surface area contributed by atoms with Gasteiger partial charge in [0.05, 0.1) is 29.8 Å². The number of hydrogen-bond acceptors (Lipinski definition) is 7. The third-order valence-corrected chi connectivity index (χ3v) is 6.07. The lowest BCUT2D eigenvalue weighted by Gasteiger charge is -2.36. The number of carbonyl (C=O) groups excluding carboxylic acids is 2. The lowest BCUT2D eigenvalue weighted by atomic mass is 9.94. The molecule has 0 fully saturated rings. The fourth-order valence-electron chi connectivity index (χ4n) is 3.55. The van der Waals surface area contributed by atoms with Crippen molar-refractivity contribution in [3.05, 3.63) is 57.2 Å². The molecule has 0 aromatic heterocycles. The van der Waals surface area contributed by atoms with E-state index in [0.717, 1.165) is 23.0 Å². The van der Waals surface area contributed by atoms with Crippen LogP contribution in [0.2, 0.25) is 5.02 Å². The summed E-state index contributed by atoms with van der Waals surface area (Å²) in [6.45, 7) is 6.76. The van der Waals surface area contributed by atoms with E-state index < -0.39 is 12.0 Å². The molecule has 3 rings (SSSR count). The van der Waals surface area contributed by atoms with E-state index in [9.17, 15) is 9.59 Å². The molecule has 0 spiro atoms. The number of fused-ring (bicyclic) bond motifs is 1. The van der Waals surface area contributed by atoms with Crippen molar-refractivity contribution >= 4 is 40.4 Å². The summed E-state index contributed by atoms with van der Waals surface area (Å²) in [6.07, 6.45) is -0.0825. The van der Waals surface area contributed by atoms with Gasteiger partial charge in [-0.3, -0.25) is 4.79 Å². The molecule has 1 aromatic rings. The highest BCUT2D eigenvalue weighted by atomic mass is 35.5. The van der Waals surface area contributed by atoms with E-state index >= 15 is 0 Å². The van der Waals surface area contributed by atoms with Gasteiger partial charge >= 0.3 is 5.97 Å². The molecular formula is C23H29ClN4O3S. The zero-order valence-electron chi connectivity index (χ0n) is 19.0. The molecule has 2 aliphatic heterocycles. The normalized spacial score (nSPS) is 18.0. The number of amidine groups is 1. The number of rotatable bonds is 8. The van der Waals surface area contributed by atoms with Crippen molar-refractivity contribution in [1.82, 2.24) is 15.1 Å². The Bertz CT molecular complexity index is 987. The second-order valence-corrected chi connectivity index (χ2v) is 9.51. The summed E-state index contributed by atoms with van der Waals surface area (Å²) in [5.74, 6) is -0.501. The van der Waals surface area contributed by atoms with E-state index in [2.05, 4.69) is 10.3 Å². The van der Waals surface area contributed by atoms with Gasteiger partial charge < -0.3 is 19.9 Å². The monoisotopic (exact) mass is 476 g/mol. The molecule has 1 amide bonds. The maximum atomic E-state index is 13.1. The Morgan fingerprint density at radius 3 is 2.75 bits per heavy atom. The molecule has 2 heterocycles. The molecule has 1 atom stereocenters. The van der Waals surface area contributed by atoms with Gasteiger partial charge in [0.15, 0.2) is 5.17 Å². The van der Waals surface area contributed by atoms with Crippen molar-refractivity contribution in [2.75, 3.05) is 27.2 Å². The number of allylic oxidation sites excluding steroid dienone is 1. The Labute approximate surface area is 198 Å². The number of nitrogens with one attached hydrogen (secondary N) is 1. The second kappa shape index (κ2) is 10.6. The van der Waals surface area contributed by atoms with E-state index in [1.165, 1.54) is 11.8 Å². The largest absolute Gasteiger partial charge is 0.459 e. The van der Waals surface area contributed by atoms with E-state index in [1.54, 1.807) is 6.07 Å². The highest BCUT2D eigenvalue weighted by Crippen LogP contribution is 2.45. The Morgan fingerprint density at radius 2 is 2.09 bits per heavy atom. The first-order chi connectivity index (χ1) is 15.2. The van der Waals surface area contributed by atoms with Gasteiger partial charge in [-0.05, 0) is 58.0 Å². The quantitative estimate of drug-likeness (QED) is 0.573. The van der Waals surface area contributed by atoms with Crippen LogP contribution < -0.4 is 5.32 Å². The summed E-state index contributed by atoms with van der Waals surface area (Å²) < 4.78 is 5.55. The maximum absolute atomic E-state index is 13.1. The van der Waals surface area contributed by atoms with Crippen LogP contribution in [0.3, 0.4) is 0 Å². The Kier molecular flexibility index (Phi) is 8.03. The van der Waals surface area contributed by atoms with Crippen molar-refractivity contribution in [3.63, 3.8) is 0 Å². The summed E-state index contributed by atoms with van der Waals surface area (Å²) in [4.78, 5) is 34.3. The topological polar surface area (TPSA) is 74.2 Å². The number of esters is 1. The zero-order chi connectivity index (χ0) is 23.4. The molecule has 0 radical (unpaired) electrons. The average Bonchev–Trinajstić information content (AvgIpc) is 3.07. The van der Waals surface area contributed by atoms with Crippen LogP contribution in [0.15, 0.2) is 51.6 Å². The van der Waals surface area contributed by atoms with Gasteiger partial charge in [-0.25, -0.2) is 9.79 Å². The number of carbonyl (C=O) groups is 2. The Hall–Kier alpha value is -2.29. The van der Waals surface area contributed by atoms with Gasteiger partial charge in [-0.2, -0.15) is 0 Å². The van der Waals surface area contributed by atoms with E-state index in [4.69, 9.17) is 16.3 Å². The number of likely N-dealkylation sites (N-methyl/N-ethyl adjacent to an activating group) is 1. The molecule has 9 heteroatoms. The van der Waals surface area contributed by atoms with Crippen LogP contribution in [-0.4, -0.2) is 60.1 Å². The van der Waals surface area contributed by atoms with Crippen LogP contribution in [0.4, 0.5) is 0 Å². The lowest BCUT2D eigenvalue weighted by molar-refractivity contribution is -0.143. The standard InChI is InChI=1S/C23H29ClN4O3S/c1-14(2)31-22(30)20-15(3)26-23-28(21(20)16-7-6-8-17(24)11-16)18(13-32-23)12-19(29)25-9-10-27(4)5/h6-8,11,13-14,21H,9-10,12H2,1-5H3,(H,25,29). The number of amides is 1. The van der Waals surface area contributed by atoms with E-state index in [-0.39, 0.29) is 18.4 Å². The van der Waals surface area contributed by atoms with Gasteiger partial charge in [-0.1, -0.05) is 35.5 Å². The summed E-state index contributed by atoms with van der Waals surface area (Å²) in [7, 11) is 3.92. The Morgan fingerprint density at radius 1 is 1.34 bits per heavy atom. The first kappa shape index (κ1) is 24.4. The second-order valence-electron chi connectivity index (χ2n) is 8.23. The third-order valence-electron chi connectivity index (χ3n) is 4.95. The summed E-state index contributed by atoms with van der Waals surface area (Å²) >= 11 is 7.74. The molecule has 1 unspecified atom stereocenters. The predicted molar refractivity (Wildman–Crippen MR) is 129 cm³/mol. The highest BCUT2D eigenvalue weighted by Gasteiger charge is 2.41. The Balaban J connectivity index is 1.93. The summed E-state index contributed by atoms with van der Waals surface area (Å²) in [6, 6.07) is 6.92. The molecule has 0 saturated heterocycles. The summed E-state index contributed by atoms with van der Waals surface area (Å²) in [5.41, 5.74) is 2.67. The van der Waals surface area contributed by atoms with E-state index in [0.29, 0.717) is 22.8 Å². The van der Waals surface area contributed by atoms with Crippen molar-refractivity contribution in [2.45, 2.75) is 39.3 Å². The van der Waals surface area contributed by atoms with Crippen LogP contribution >= 0.6 is 23.4 Å². The number of benzene rings is 1. The SMILES string of the molecule is CC1=C(C(=O)OC(C)C)C(c2cccc(Cl)c2)N2C(CC(=O)NCCN(C)C)=CSC2=N1. The van der Waals surface area contributed by atoms with Gasteiger partial charge in [0.1, 0.15) is 0 Å². The first-order valence-corrected chi connectivity index (χ1v) is 11.8. The van der Waals surface area contributed by atoms with Crippen molar-refractivity contribution < 1.29 is 14.3 Å². The lowest BCUT2D eigenvalue weighted by Crippen LogP contribution is -2.39. The van der Waals surface area contributed by atoms with E-state index in [1.807, 2.05) is 68.3 Å². The number of nitrogens with zero attached hydrogens (tertiary/aromatic N) is 3. The maximum Gasteiger partial charge on any atom is 0.338 e. The molecule has 7 nitrogen and oxygen atoms in total. The number of hydrogen-bond donors (Lipinski definition) is 1. The van der Waals surface area contributed by atoms with Crippen LogP contribution in [-0.2, 0) is 14.3 Å². The molecule has 0 bridgehead atoms. The molecule has 1 aromatic carbocycles. The van der Waals surface area contributed by atoms with Crippen molar-refractivity contribution in [2.24, 2.45) is 4.99 Å². The fourth-order valence-corrected chi connectivity index (χ4v) is 4.71. The average molecular weight is 477 g/mol. The zero-order valence-corrected chi connectivity index (χ0v) is 20.6. The number of thioether (sulfide) groups is 1. The highest BCUT2D eigenvalue weighted by molar-refractivity contribution is 8.16. The summed E-state index contributed by atoms with van der Waals surface area (Å²) in [5, 5.41) is 6.17. The van der Waals surface area contributed by atoms with Crippen LogP contribution in [0.5, 0.6) is 0 Å². The molecule has 0 saturated carbocycles. The number of halogens is 1. The molecule has 0 aliphatic carbocycles. The molecule has 2 aliphatic rings. The smallest absolute Gasteiger partial charge is 0.338 e. The minimum absolute atomic E-state index is 0.0811. The van der Waals surface area contributed by atoms with Gasteiger partial charge in [0.25, 0.3) is 0 Å².